The first-order chi connectivity index (χ1) is 11.0. The summed E-state index contributed by atoms with van der Waals surface area (Å²) in [6.07, 6.45) is 1.23. The molecule has 1 N–H and O–H groups in total. The summed E-state index contributed by atoms with van der Waals surface area (Å²) >= 11 is 1.63. The van der Waals surface area contributed by atoms with Crippen LogP contribution < -0.4 is 5.32 Å². The van der Waals surface area contributed by atoms with Crippen molar-refractivity contribution < 1.29 is 14.4 Å². The van der Waals surface area contributed by atoms with E-state index in [1.165, 1.54) is 10.5 Å². The van der Waals surface area contributed by atoms with Crippen LogP contribution in [0.4, 0.5) is 0 Å². The molecule has 0 radical (unpaired) electrons. The summed E-state index contributed by atoms with van der Waals surface area (Å²) in [5.74, 6) is -0.976. The molecule has 2 heterocycles. The number of rotatable bonds is 4. The molecule has 126 valence electrons. The predicted octanol–water partition coefficient (Wildman–Crippen LogP) is 0.876. The molecule has 3 amide bonds. The molecule has 1 aliphatic rings. The third-order valence-corrected chi connectivity index (χ3v) is 4.47. The van der Waals surface area contributed by atoms with Crippen LogP contribution in [0.2, 0.25) is 0 Å². The first-order valence-corrected chi connectivity index (χ1v) is 8.80. The zero-order chi connectivity index (χ0) is 16.8. The zero-order valence-electron chi connectivity index (χ0n) is 13.6. The van der Waals surface area contributed by atoms with Gasteiger partial charge in [0.15, 0.2) is 0 Å². The Hall–Kier alpha value is -1.89. The number of aryl methyl sites for hydroxylation is 1. The molecule has 0 aliphatic carbocycles. The van der Waals surface area contributed by atoms with E-state index in [0.717, 1.165) is 6.42 Å². The number of piperazine rings is 1. The SMILES string of the molecule is CC(C)NC(=O)C(=O)N1CCN(C(=O)CCc2ccsc2)CC1. The summed E-state index contributed by atoms with van der Waals surface area (Å²) in [7, 11) is 0. The quantitative estimate of drug-likeness (QED) is 0.829. The van der Waals surface area contributed by atoms with Crippen molar-refractivity contribution in [3.8, 4) is 0 Å². The van der Waals surface area contributed by atoms with E-state index >= 15 is 0 Å². The second-order valence-electron chi connectivity index (χ2n) is 5.93. The number of carbonyl (C=O) groups is 3. The van der Waals surface area contributed by atoms with Gasteiger partial charge < -0.3 is 15.1 Å². The van der Waals surface area contributed by atoms with Crippen LogP contribution in [0.5, 0.6) is 0 Å². The minimum absolute atomic E-state index is 0.0635. The van der Waals surface area contributed by atoms with Crippen LogP contribution in [0.25, 0.3) is 0 Å². The highest BCUT2D eigenvalue weighted by Crippen LogP contribution is 2.11. The van der Waals surface area contributed by atoms with E-state index in [1.807, 2.05) is 25.3 Å². The molecule has 0 spiro atoms. The Morgan fingerprint density at radius 3 is 2.39 bits per heavy atom. The largest absolute Gasteiger partial charge is 0.346 e. The lowest BCUT2D eigenvalue weighted by Gasteiger charge is -2.34. The summed E-state index contributed by atoms with van der Waals surface area (Å²) < 4.78 is 0. The second-order valence-corrected chi connectivity index (χ2v) is 6.71. The van der Waals surface area contributed by atoms with Crippen molar-refractivity contribution in [3.05, 3.63) is 22.4 Å². The Morgan fingerprint density at radius 2 is 1.83 bits per heavy atom. The van der Waals surface area contributed by atoms with E-state index in [4.69, 9.17) is 0 Å². The standard InChI is InChI=1S/C16H23N3O3S/c1-12(2)17-15(21)16(22)19-8-6-18(7-9-19)14(20)4-3-13-5-10-23-11-13/h5,10-12H,3-4,6-9H2,1-2H3,(H,17,21). The van der Waals surface area contributed by atoms with Crippen LogP contribution in [-0.2, 0) is 20.8 Å². The van der Waals surface area contributed by atoms with Crippen LogP contribution in [0.3, 0.4) is 0 Å². The summed E-state index contributed by atoms with van der Waals surface area (Å²) in [5.41, 5.74) is 1.18. The second kappa shape index (κ2) is 8.10. The lowest BCUT2D eigenvalue weighted by atomic mass is 10.1. The van der Waals surface area contributed by atoms with E-state index in [9.17, 15) is 14.4 Å². The molecule has 6 nitrogen and oxygen atoms in total. The van der Waals surface area contributed by atoms with Gasteiger partial charge in [-0.05, 0) is 42.7 Å². The number of amides is 3. The van der Waals surface area contributed by atoms with Gasteiger partial charge in [0.1, 0.15) is 0 Å². The Labute approximate surface area is 140 Å². The maximum atomic E-state index is 12.2. The molecular weight excluding hydrogens is 314 g/mol. The third kappa shape index (κ3) is 5.06. The number of hydrogen-bond acceptors (Lipinski definition) is 4. The molecule has 23 heavy (non-hydrogen) atoms. The van der Waals surface area contributed by atoms with Crippen molar-refractivity contribution >= 4 is 29.1 Å². The van der Waals surface area contributed by atoms with Crippen LogP contribution in [0, 0.1) is 0 Å². The molecule has 1 aromatic heterocycles. The van der Waals surface area contributed by atoms with Crippen molar-refractivity contribution in [3.63, 3.8) is 0 Å². The molecule has 0 unspecified atom stereocenters. The molecule has 0 bridgehead atoms. The lowest BCUT2D eigenvalue weighted by Crippen LogP contribution is -2.54. The average molecular weight is 337 g/mol. The molecule has 0 saturated carbocycles. The van der Waals surface area contributed by atoms with Gasteiger partial charge in [-0.3, -0.25) is 14.4 Å². The first-order valence-electron chi connectivity index (χ1n) is 7.86. The molecule has 1 aliphatic heterocycles. The van der Waals surface area contributed by atoms with Gasteiger partial charge in [-0.1, -0.05) is 0 Å². The van der Waals surface area contributed by atoms with Gasteiger partial charge in [-0.15, -0.1) is 0 Å². The van der Waals surface area contributed by atoms with Gasteiger partial charge in [0.05, 0.1) is 0 Å². The highest BCUT2D eigenvalue weighted by Gasteiger charge is 2.27. The maximum Gasteiger partial charge on any atom is 0.312 e. The molecule has 0 aromatic carbocycles. The van der Waals surface area contributed by atoms with E-state index < -0.39 is 11.8 Å². The highest BCUT2D eigenvalue weighted by molar-refractivity contribution is 7.07. The van der Waals surface area contributed by atoms with E-state index in [1.54, 1.807) is 16.2 Å². The van der Waals surface area contributed by atoms with E-state index in [-0.39, 0.29) is 11.9 Å². The van der Waals surface area contributed by atoms with Gasteiger partial charge >= 0.3 is 11.8 Å². The van der Waals surface area contributed by atoms with Crippen LogP contribution in [-0.4, -0.2) is 59.7 Å². The molecule has 1 fully saturated rings. The van der Waals surface area contributed by atoms with Gasteiger partial charge in [0, 0.05) is 38.6 Å². The minimum atomic E-state index is -0.572. The normalized spacial score (nSPS) is 14.9. The Balaban J connectivity index is 1.75. The minimum Gasteiger partial charge on any atom is -0.346 e. The molecule has 7 heteroatoms. The van der Waals surface area contributed by atoms with Crippen molar-refractivity contribution in [1.82, 2.24) is 15.1 Å². The predicted molar refractivity (Wildman–Crippen MR) is 89.1 cm³/mol. The number of hydrogen-bond donors (Lipinski definition) is 1. The van der Waals surface area contributed by atoms with Gasteiger partial charge in [-0.2, -0.15) is 11.3 Å². The maximum absolute atomic E-state index is 12.2. The van der Waals surface area contributed by atoms with Crippen LogP contribution in [0.1, 0.15) is 25.8 Å². The fourth-order valence-electron chi connectivity index (χ4n) is 2.47. The summed E-state index contributed by atoms with van der Waals surface area (Å²) in [6.45, 7) is 5.43. The molecular formula is C16H23N3O3S. The van der Waals surface area contributed by atoms with Crippen molar-refractivity contribution in [1.29, 1.82) is 0 Å². The zero-order valence-corrected chi connectivity index (χ0v) is 14.4. The fraction of sp³-hybridized carbons (Fsp3) is 0.562. The van der Waals surface area contributed by atoms with Crippen LogP contribution >= 0.6 is 11.3 Å². The van der Waals surface area contributed by atoms with Crippen molar-refractivity contribution in [2.45, 2.75) is 32.7 Å². The number of carbonyl (C=O) groups excluding carboxylic acids is 3. The summed E-state index contributed by atoms with van der Waals surface area (Å²) in [5, 5.41) is 6.66. The summed E-state index contributed by atoms with van der Waals surface area (Å²) in [4.78, 5) is 39.2. The van der Waals surface area contributed by atoms with Gasteiger partial charge in [0.2, 0.25) is 5.91 Å². The Morgan fingerprint density at radius 1 is 1.17 bits per heavy atom. The monoisotopic (exact) mass is 337 g/mol. The van der Waals surface area contributed by atoms with Gasteiger partial charge in [0.25, 0.3) is 0 Å². The number of thiophene rings is 1. The lowest BCUT2D eigenvalue weighted by molar-refractivity contribution is -0.148. The highest BCUT2D eigenvalue weighted by atomic mass is 32.1. The molecule has 0 atom stereocenters. The number of nitrogens with one attached hydrogen (secondary N) is 1. The Kier molecular flexibility index (Phi) is 6.15. The first kappa shape index (κ1) is 17.5. The van der Waals surface area contributed by atoms with E-state index in [2.05, 4.69) is 10.7 Å². The fourth-order valence-corrected chi connectivity index (χ4v) is 3.17. The van der Waals surface area contributed by atoms with Crippen molar-refractivity contribution in [2.75, 3.05) is 26.2 Å². The van der Waals surface area contributed by atoms with Crippen LogP contribution in [0.15, 0.2) is 16.8 Å². The average Bonchev–Trinajstić information content (AvgIpc) is 3.04. The smallest absolute Gasteiger partial charge is 0.312 e. The molecule has 2 rings (SSSR count). The van der Waals surface area contributed by atoms with Crippen molar-refractivity contribution in [2.24, 2.45) is 0 Å². The third-order valence-electron chi connectivity index (χ3n) is 3.74. The molecule has 1 saturated heterocycles. The molecule has 1 aromatic rings. The van der Waals surface area contributed by atoms with Gasteiger partial charge in [-0.25, -0.2) is 0 Å². The number of nitrogens with zero attached hydrogens (tertiary/aromatic N) is 2. The summed E-state index contributed by atoms with van der Waals surface area (Å²) in [6, 6.07) is 1.97. The Bertz CT molecular complexity index is 549. The van der Waals surface area contributed by atoms with E-state index in [0.29, 0.717) is 32.6 Å². The topological polar surface area (TPSA) is 69.7 Å².